The molecule has 77 heavy (non-hydrogen) atoms. The number of aliphatic hydroxyl groups excluding tert-OH is 4. The Bertz CT molecular complexity index is 3150. The van der Waals surface area contributed by atoms with Crippen LogP contribution in [0.15, 0.2) is 100 Å². The Morgan fingerprint density at radius 2 is 1.60 bits per heavy atom. The summed E-state index contributed by atoms with van der Waals surface area (Å²) >= 11 is 0. The fraction of sp³-hybridized carbons (Fsp3) is 0.459. The van der Waals surface area contributed by atoms with Crippen molar-refractivity contribution in [1.29, 1.82) is 0 Å². The number of fused-ring (bicyclic) bond motifs is 8. The van der Waals surface area contributed by atoms with Crippen LogP contribution in [0.1, 0.15) is 124 Å². The third-order valence-electron chi connectivity index (χ3n) is 16.7. The minimum atomic E-state index is -2.32. The van der Waals surface area contributed by atoms with Gasteiger partial charge in [0, 0.05) is 52.0 Å². The van der Waals surface area contributed by atoms with Crippen LogP contribution in [-0.4, -0.2) is 116 Å². The van der Waals surface area contributed by atoms with E-state index in [2.05, 4.69) is 6.08 Å². The number of hydrogen-bond donors (Lipinski definition) is 5. The lowest BCUT2D eigenvalue weighted by Gasteiger charge is -2.66. The van der Waals surface area contributed by atoms with Crippen molar-refractivity contribution >= 4 is 41.0 Å². The van der Waals surface area contributed by atoms with E-state index in [0.29, 0.717) is 57.8 Å². The van der Waals surface area contributed by atoms with Gasteiger partial charge in [0.25, 0.3) is 0 Å². The number of hydrogen-bond acceptors (Lipinski definition) is 16. The van der Waals surface area contributed by atoms with Gasteiger partial charge in [-0.15, -0.1) is 0 Å². The number of rotatable bonds is 14. The summed E-state index contributed by atoms with van der Waals surface area (Å²) in [5, 5.41) is 54.9. The molecule has 0 aromatic heterocycles. The smallest absolute Gasteiger partial charge is 0.343 e. The lowest BCUT2D eigenvalue weighted by atomic mass is 9.42. The predicted molar refractivity (Wildman–Crippen MR) is 283 cm³/mol. The highest BCUT2D eigenvalue weighted by Gasteiger charge is 2.78. The molecule has 4 heterocycles. The van der Waals surface area contributed by atoms with Crippen LogP contribution in [0, 0.1) is 29.6 Å². The zero-order valence-corrected chi connectivity index (χ0v) is 44.8. The van der Waals surface area contributed by atoms with Gasteiger partial charge in [-0.2, -0.15) is 0 Å². The molecule has 7 unspecified atom stereocenters. The third kappa shape index (κ3) is 8.63. The number of ether oxygens (including phenoxy) is 6. The standard InChI is InChI=1S/C61H67NO15/c1-29(2)13-12-24-59(8)25-23-38-52(76-59)37(21-16-30(3)4)54-44(53(38)75-57(70)33-17-19-34(20-18-33)73-58-51(67)50(66)49(65)41(28-63)74-58)47-45-42(43-46(62-47)35-14-10-11-15-36(35)48(43)64)39-27-40(31(5)6)61(45,77-54)60(71,55(39)68)26-22-32(7)56(69)72-9/h10-11,13-20,22-23,25,31,39-43,49-51,58,63,65-67,71H,12,21,24,26-28H2,1-9H3/b32-22-/t39?,40?,41-,42?,43?,49-,50+,51-,58-,59?,60?,61?/m0/s1. The van der Waals surface area contributed by atoms with Crippen molar-refractivity contribution in [2.24, 2.45) is 34.6 Å². The summed E-state index contributed by atoms with van der Waals surface area (Å²) in [6, 6.07) is 13.0. The molecule has 1 saturated heterocycles. The van der Waals surface area contributed by atoms with Crippen molar-refractivity contribution in [3.63, 3.8) is 0 Å². The number of benzene rings is 3. The van der Waals surface area contributed by atoms with Crippen LogP contribution in [0.2, 0.25) is 0 Å². The highest BCUT2D eigenvalue weighted by atomic mass is 16.7. The molecule has 0 radical (unpaired) electrons. The average molecular weight is 1050 g/mol. The normalized spacial score (nSPS) is 31.2. The molecule has 2 bridgehead atoms. The summed E-state index contributed by atoms with van der Waals surface area (Å²) < 4.78 is 38.1. The van der Waals surface area contributed by atoms with E-state index in [0.717, 1.165) is 11.1 Å². The topological polar surface area (TPSA) is 237 Å². The number of Topliss-reactive ketones (excluding diaryl/α,β-unsaturated/α-hetero) is 2. The number of ketones is 2. The fourth-order valence-corrected chi connectivity index (χ4v) is 12.8. The fourth-order valence-electron chi connectivity index (χ4n) is 12.8. The van der Waals surface area contributed by atoms with Gasteiger partial charge >= 0.3 is 11.9 Å². The van der Waals surface area contributed by atoms with Crippen molar-refractivity contribution in [3.05, 3.63) is 129 Å². The molecule has 3 aromatic carbocycles. The van der Waals surface area contributed by atoms with Gasteiger partial charge in [-0.25, -0.2) is 9.59 Å². The molecule has 3 aromatic rings. The minimum Gasteiger partial charge on any atom is -0.482 e. The van der Waals surface area contributed by atoms with Gasteiger partial charge in [0.2, 0.25) is 6.29 Å². The monoisotopic (exact) mass is 1050 g/mol. The zero-order chi connectivity index (χ0) is 55.2. The SMILES string of the molecule is COC(=O)/C(C)=C\CC1(O)C(=O)C2CC(C(C)C)C13Oc1c(CC=C(C)C)c4c(c(OC(=O)c5ccc(O[C@H]6O[C@@H](CO)[C@H](O)[C@@H](O)[C@@H]6O)cc5)c1C1=C3C2C2C(=O)c3ccccc3C2=N1)C=CC(C)(CCC=C(C)C)O4. The van der Waals surface area contributed by atoms with E-state index >= 15 is 4.79 Å². The highest BCUT2D eigenvalue weighted by Crippen LogP contribution is 2.70. The molecule has 12 atom stereocenters. The summed E-state index contributed by atoms with van der Waals surface area (Å²) in [6.07, 6.45) is 3.32. The van der Waals surface area contributed by atoms with Crippen LogP contribution in [0.3, 0.4) is 0 Å². The Labute approximate surface area is 447 Å². The van der Waals surface area contributed by atoms with E-state index in [1.165, 1.54) is 37.5 Å². The second-order valence-electron chi connectivity index (χ2n) is 22.5. The molecular weight excluding hydrogens is 987 g/mol. The molecule has 11 rings (SSSR count). The number of nitrogens with zero attached hydrogens (tertiary/aromatic N) is 1. The lowest BCUT2D eigenvalue weighted by molar-refractivity contribution is -0.277. The molecule has 4 fully saturated rings. The van der Waals surface area contributed by atoms with E-state index in [-0.39, 0.29) is 64.9 Å². The number of aliphatic hydroxyl groups is 5. The molecule has 8 aliphatic rings. The van der Waals surface area contributed by atoms with Crippen LogP contribution in [0.25, 0.3) is 11.8 Å². The average Bonchev–Trinajstić information content (AvgIpc) is 3.88. The van der Waals surface area contributed by atoms with E-state index in [1.54, 1.807) is 19.1 Å². The zero-order valence-electron chi connectivity index (χ0n) is 44.8. The summed E-state index contributed by atoms with van der Waals surface area (Å²) in [5.74, 6) is -4.88. The van der Waals surface area contributed by atoms with Crippen molar-refractivity contribution < 1.29 is 73.1 Å². The number of aliphatic imine (C=N–C) groups is 1. The second kappa shape index (κ2) is 20.0. The number of methoxy groups -OCH3 is 1. The molecule has 4 aliphatic carbocycles. The van der Waals surface area contributed by atoms with E-state index in [1.807, 2.05) is 78.8 Å². The Hall–Kier alpha value is -6.53. The Kier molecular flexibility index (Phi) is 14.0. The van der Waals surface area contributed by atoms with Crippen molar-refractivity contribution in [3.8, 4) is 23.0 Å². The van der Waals surface area contributed by atoms with Crippen molar-refractivity contribution in [1.82, 2.24) is 0 Å². The second-order valence-corrected chi connectivity index (χ2v) is 22.5. The maximum atomic E-state index is 15.7. The van der Waals surface area contributed by atoms with Gasteiger partial charge in [0.1, 0.15) is 47.3 Å². The van der Waals surface area contributed by atoms with Gasteiger partial charge in [0.15, 0.2) is 28.5 Å². The molecule has 406 valence electrons. The highest BCUT2D eigenvalue weighted by molar-refractivity contribution is 6.31. The number of esters is 2. The van der Waals surface area contributed by atoms with Gasteiger partial charge in [0.05, 0.1) is 47.7 Å². The summed E-state index contributed by atoms with van der Waals surface area (Å²) in [5.41, 5.74) is 0.790. The Morgan fingerprint density at radius 1 is 0.896 bits per heavy atom. The van der Waals surface area contributed by atoms with Gasteiger partial charge in [-0.05, 0) is 110 Å². The molecule has 1 spiro atoms. The molecule has 16 heteroatoms. The third-order valence-corrected chi connectivity index (χ3v) is 16.7. The molecule has 3 saturated carbocycles. The quantitative estimate of drug-likeness (QED) is 0.0458. The van der Waals surface area contributed by atoms with Gasteiger partial charge in [-0.1, -0.05) is 67.5 Å². The van der Waals surface area contributed by atoms with Crippen LogP contribution < -0.4 is 18.9 Å². The minimum absolute atomic E-state index is 0.0283. The molecular formula is C61H67NO15. The number of carbonyl (C=O) groups excluding carboxylic acids is 4. The first-order valence-corrected chi connectivity index (χ1v) is 26.4. The first-order valence-electron chi connectivity index (χ1n) is 26.4. The molecule has 5 N–H and O–H groups in total. The predicted octanol–water partition coefficient (Wildman–Crippen LogP) is 7.39. The Morgan fingerprint density at radius 3 is 2.26 bits per heavy atom. The van der Waals surface area contributed by atoms with Crippen LogP contribution >= 0.6 is 0 Å². The van der Waals surface area contributed by atoms with E-state index in [4.69, 9.17) is 33.4 Å². The molecule has 16 nitrogen and oxygen atoms in total. The maximum absolute atomic E-state index is 15.7. The van der Waals surface area contributed by atoms with E-state index in [9.17, 15) is 39.9 Å². The van der Waals surface area contributed by atoms with Crippen LogP contribution in [0.4, 0.5) is 0 Å². The van der Waals surface area contributed by atoms with Crippen molar-refractivity contribution in [2.75, 3.05) is 13.7 Å². The number of allylic oxidation sites excluding steroid dienone is 4. The van der Waals surface area contributed by atoms with E-state index < -0.39 is 95.5 Å². The van der Waals surface area contributed by atoms with Gasteiger partial charge < -0.3 is 54.0 Å². The van der Waals surface area contributed by atoms with Crippen LogP contribution in [0.5, 0.6) is 23.0 Å². The molecule has 4 aliphatic heterocycles. The number of carbonyl (C=O) groups is 4. The largest absolute Gasteiger partial charge is 0.482 e. The first kappa shape index (κ1) is 53.9. The summed E-state index contributed by atoms with van der Waals surface area (Å²) in [6.45, 7) is 14.9. The Balaban J connectivity index is 1.22. The van der Waals surface area contributed by atoms with Crippen LogP contribution in [-0.2, 0) is 25.5 Å². The maximum Gasteiger partial charge on any atom is 0.343 e. The van der Waals surface area contributed by atoms with Gasteiger partial charge in [-0.3, -0.25) is 14.6 Å². The molecule has 0 amide bonds. The lowest BCUT2D eigenvalue weighted by Crippen LogP contribution is -2.79. The van der Waals surface area contributed by atoms with Crippen molar-refractivity contribution in [2.45, 2.75) is 135 Å². The summed E-state index contributed by atoms with van der Waals surface area (Å²) in [7, 11) is 1.26. The first-order chi connectivity index (χ1) is 36.6. The summed E-state index contributed by atoms with van der Waals surface area (Å²) in [4.78, 5) is 64.0.